The Labute approximate surface area is 160 Å². The zero-order chi connectivity index (χ0) is 20.1. The smallest absolute Gasteiger partial charge is 0.339 e. The van der Waals surface area contributed by atoms with E-state index in [-0.39, 0.29) is 16.8 Å². The number of benzene rings is 2. The van der Waals surface area contributed by atoms with Gasteiger partial charge in [-0.25, -0.2) is 4.79 Å². The van der Waals surface area contributed by atoms with Crippen molar-refractivity contribution in [2.75, 3.05) is 12.4 Å². The Hall–Kier alpha value is -3.13. The summed E-state index contributed by atoms with van der Waals surface area (Å²) in [6.45, 7) is 2.84. The summed E-state index contributed by atoms with van der Waals surface area (Å²) in [4.78, 5) is 34.9. The van der Waals surface area contributed by atoms with Gasteiger partial charge >= 0.3 is 5.97 Å². The second-order valence-corrected chi connectivity index (χ2v) is 6.00. The van der Waals surface area contributed by atoms with Gasteiger partial charge in [0, 0.05) is 17.3 Å². The minimum Gasteiger partial charge on any atom is -0.495 e. The molecule has 142 valence electrons. The van der Waals surface area contributed by atoms with Crippen molar-refractivity contribution in [3.63, 3.8) is 0 Å². The highest BCUT2D eigenvalue weighted by molar-refractivity contribution is 6.32. The highest BCUT2D eigenvalue weighted by Gasteiger charge is 2.23. The van der Waals surface area contributed by atoms with Gasteiger partial charge in [-0.15, -0.1) is 0 Å². The third-order valence-corrected chi connectivity index (χ3v) is 4.09. The Kier molecular flexibility index (Phi) is 6.36. The number of nitro benzene ring substituents is 1. The first-order valence-electron chi connectivity index (χ1n) is 7.84. The van der Waals surface area contributed by atoms with Crippen LogP contribution in [0.1, 0.15) is 22.8 Å². The molecular formula is C18H17ClN2O6. The van der Waals surface area contributed by atoms with Crippen LogP contribution in [0.3, 0.4) is 0 Å². The topological polar surface area (TPSA) is 108 Å². The number of nitrogens with one attached hydrogen (secondary N) is 1. The third-order valence-electron chi connectivity index (χ3n) is 3.79. The van der Waals surface area contributed by atoms with Crippen LogP contribution >= 0.6 is 11.6 Å². The lowest BCUT2D eigenvalue weighted by Crippen LogP contribution is -2.30. The average molecular weight is 393 g/mol. The van der Waals surface area contributed by atoms with Gasteiger partial charge in [0.05, 0.1) is 22.6 Å². The summed E-state index contributed by atoms with van der Waals surface area (Å²) in [6, 6.07) is 8.74. The minimum atomic E-state index is -1.13. The number of nitrogens with zero attached hydrogens (tertiary/aromatic N) is 1. The van der Waals surface area contributed by atoms with E-state index in [4.69, 9.17) is 21.1 Å². The molecule has 0 bridgehead atoms. The summed E-state index contributed by atoms with van der Waals surface area (Å²) >= 11 is 6.00. The molecule has 0 aliphatic carbocycles. The molecule has 0 spiro atoms. The summed E-state index contributed by atoms with van der Waals surface area (Å²) in [5.41, 5.74) is 0.396. The van der Waals surface area contributed by atoms with E-state index in [9.17, 15) is 19.7 Å². The van der Waals surface area contributed by atoms with Gasteiger partial charge in [-0.2, -0.15) is 0 Å². The summed E-state index contributed by atoms with van der Waals surface area (Å²) < 4.78 is 10.2. The van der Waals surface area contributed by atoms with Crippen LogP contribution in [0, 0.1) is 17.0 Å². The van der Waals surface area contributed by atoms with Crippen molar-refractivity contribution in [1.29, 1.82) is 0 Å². The molecule has 8 nitrogen and oxygen atoms in total. The fraction of sp³-hybridized carbons (Fsp3) is 0.222. The Morgan fingerprint density at radius 2 is 1.96 bits per heavy atom. The molecule has 1 atom stereocenters. The molecule has 2 rings (SSSR count). The maximum Gasteiger partial charge on any atom is 0.339 e. The fourth-order valence-electron chi connectivity index (χ4n) is 2.31. The Bertz CT molecular complexity index is 899. The number of ether oxygens (including phenoxy) is 2. The number of amides is 1. The molecule has 1 amide bonds. The number of hydrogen-bond acceptors (Lipinski definition) is 6. The van der Waals surface area contributed by atoms with E-state index in [1.54, 1.807) is 12.1 Å². The second kappa shape index (κ2) is 8.50. The fourth-order valence-corrected chi connectivity index (χ4v) is 2.57. The first-order valence-corrected chi connectivity index (χ1v) is 8.21. The lowest BCUT2D eigenvalue weighted by molar-refractivity contribution is -0.385. The molecule has 0 aromatic heterocycles. The molecule has 1 N–H and O–H groups in total. The average Bonchev–Trinajstić information content (AvgIpc) is 2.61. The Balaban J connectivity index is 2.08. The lowest BCUT2D eigenvalue weighted by Gasteiger charge is -2.15. The van der Waals surface area contributed by atoms with Crippen LogP contribution in [0.15, 0.2) is 36.4 Å². The number of carbonyl (C=O) groups is 2. The predicted molar refractivity (Wildman–Crippen MR) is 99.3 cm³/mol. The zero-order valence-electron chi connectivity index (χ0n) is 14.8. The SMILES string of the molecule is COc1ccc(NC(=O)[C@@H](C)OC(=O)c2cccc([N+](=O)[O-])c2C)cc1Cl. The largest absolute Gasteiger partial charge is 0.495 e. The molecule has 0 aliphatic rings. The van der Waals surface area contributed by atoms with E-state index in [0.717, 1.165) is 0 Å². The zero-order valence-corrected chi connectivity index (χ0v) is 15.6. The molecule has 0 saturated carbocycles. The molecular weight excluding hydrogens is 376 g/mol. The first-order chi connectivity index (χ1) is 12.7. The van der Waals surface area contributed by atoms with Gasteiger partial charge in [0.1, 0.15) is 5.75 Å². The van der Waals surface area contributed by atoms with Crippen LogP contribution in [-0.4, -0.2) is 30.0 Å². The van der Waals surface area contributed by atoms with Gasteiger partial charge < -0.3 is 14.8 Å². The number of halogens is 1. The first kappa shape index (κ1) is 20.2. The molecule has 0 saturated heterocycles. The van der Waals surface area contributed by atoms with E-state index in [1.807, 2.05) is 0 Å². The third kappa shape index (κ3) is 4.73. The normalized spacial score (nSPS) is 11.4. The van der Waals surface area contributed by atoms with Gasteiger partial charge in [0.2, 0.25) is 0 Å². The van der Waals surface area contributed by atoms with Crippen molar-refractivity contribution in [2.45, 2.75) is 20.0 Å². The number of anilines is 1. The Morgan fingerprint density at radius 3 is 2.56 bits per heavy atom. The number of esters is 1. The maximum absolute atomic E-state index is 12.3. The van der Waals surface area contributed by atoms with Crippen molar-refractivity contribution in [1.82, 2.24) is 0 Å². The molecule has 0 radical (unpaired) electrons. The molecule has 0 aliphatic heterocycles. The van der Waals surface area contributed by atoms with E-state index in [2.05, 4.69) is 5.32 Å². The van der Waals surface area contributed by atoms with Gasteiger partial charge in [-0.1, -0.05) is 17.7 Å². The van der Waals surface area contributed by atoms with Crippen molar-refractivity contribution >= 4 is 34.9 Å². The van der Waals surface area contributed by atoms with E-state index < -0.39 is 22.9 Å². The number of carbonyl (C=O) groups excluding carboxylic acids is 2. The molecule has 27 heavy (non-hydrogen) atoms. The quantitative estimate of drug-likeness (QED) is 0.455. The summed E-state index contributed by atoms with van der Waals surface area (Å²) in [5.74, 6) is -0.949. The van der Waals surface area contributed by atoms with Crippen LogP contribution in [0.5, 0.6) is 5.75 Å². The number of rotatable bonds is 6. The minimum absolute atomic E-state index is 0.0244. The van der Waals surface area contributed by atoms with Gasteiger partial charge in [0.25, 0.3) is 11.6 Å². The van der Waals surface area contributed by atoms with Gasteiger partial charge in [-0.3, -0.25) is 14.9 Å². The molecule has 9 heteroatoms. The van der Waals surface area contributed by atoms with Crippen LogP contribution in [0.25, 0.3) is 0 Å². The molecule has 2 aromatic carbocycles. The van der Waals surface area contributed by atoms with E-state index in [0.29, 0.717) is 16.5 Å². The van der Waals surface area contributed by atoms with Crippen LogP contribution in [0.2, 0.25) is 5.02 Å². The standard InChI is InChI=1S/C18H17ClN2O6/c1-10-13(5-4-6-15(10)21(24)25)18(23)27-11(2)17(22)20-12-7-8-16(26-3)14(19)9-12/h4-9,11H,1-3H3,(H,20,22)/t11-/m1/s1. The number of methoxy groups -OCH3 is 1. The van der Waals surface area contributed by atoms with Crippen molar-refractivity contribution in [3.05, 3.63) is 62.7 Å². The van der Waals surface area contributed by atoms with Crippen LogP contribution < -0.4 is 10.1 Å². The van der Waals surface area contributed by atoms with Crippen molar-refractivity contribution in [3.8, 4) is 5.75 Å². The van der Waals surface area contributed by atoms with Crippen molar-refractivity contribution in [2.24, 2.45) is 0 Å². The van der Waals surface area contributed by atoms with Gasteiger partial charge in [0.15, 0.2) is 6.10 Å². The van der Waals surface area contributed by atoms with Crippen LogP contribution in [-0.2, 0) is 9.53 Å². The van der Waals surface area contributed by atoms with Crippen LogP contribution in [0.4, 0.5) is 11.4 Å². The van der Waals surface area contributed by atoms with Crippen molar-refractivity contribution < 1.29 is 24.0 Å². The lowest BCUT2D eigenvalue weighted by atomic mass is 10.1. The second-order valence-electron chi connectivity index (χ2n) is 5.59. The molecule has 0 fully saturated rings. The monoisotopic (exact) mass is 392 g/mol. The molecule has 2 aromatic rings. The van der Waals surface area contributed by atoms with E-state index in [1.165, 1.54) is 45.2 Å². The maximum atomic E-state index is 12.3. The molecule has 0 heterocycles. The highest BCUT2D eigenvalue weighted by Crippen LogP contribution is 2.27. The summed E-state index contributed by atoms with van der Waals surface area (Å²) in [5, 5.41) is 13.9. The number of nitro groups is 1. The van der Waals surface area contributed by atoms with E-state index >= 15 is 0 Å². The van der Waals surface area contributed by atoms with Gasteiger partial charge in [-0.05, 0) is 38.1 Å². The summed E-state index contributed by atoms with van der Waals surface area (Å²) in [6.07, 6.45) is -1.13. The predicted octanol–water partition coefficient (Wildman–Crippen LogP) is 3.75. The Morgan fingerprint density at radius 1 is 1.26 bits per heavy atom. The highest BCUT2D eigenvalue weighted by atomic mass is 35.5. The summed E-state index contributed by atoms with van der Waals surface area (Å²) in [7, 11) is 1.47. The number of hydrogen-bond donors (Lipinski definition) is 1. The molecule has 0 unspecified atom stereocenters.